The smallest absolute Gasteiger partial charge is 0.227 e. The van der Waals surface area contributed by atoms with Crippen LogP contribution in [0.3, 0.4) is 0 Å². The molecule has 3 aromatic rings. The van der Waals surface area contributed by atoms with Gasteiger partial charge in [0, 0.05) is 62.7 Å². The summed E-state index contributed by atoms with van der Waals surface area (Å²) in [7, 11) is 1.84. The van der Waals surface area contributed by atoms with E-state index < -0.39 is 11.2 Å². The van der Waals surface area contributed by atoms with Gasteiger partial charge in [-0.05, 0) is 48.0 Å². The second kappa shape index (κ2) is 8.78. The highest BCUT2D eigenvalue weighted by atomic mass is 32.2. The molecule has 6 rings (SSSR count). The SMILES string of the molecule is CN1C[C@@H](Nc2nc(N3CCC(c4c[nH]c5ccccc45)CC3)nc3c2[S+]([O-])CC3)CCC1=O. The Labute approximate surface area is 202 Å². The number of likely N-dealkylation sites (tertiary alicyclic amines) is 1. The summed E-state index contributed by atoms with van der Waals surface area (Å²) in [6, 6.07) is 8.61. The van der Waals surface area contributed by atoms with E-state index in [9.17, 15) is 9.35 Å². The number of aromatic nitrogens is 3. The van der Waals surface area contributed by atoms with Crippen molar-refractivity contribution in [1.29, 1.82) is 0 Å². The number of H-pyrrole nitrogens is 1. The van der Waals surface area contributed by atoms with Gasteiger partial charge in [0.05, 0.1) is 0 Å². The van der Waals surface area contributed by atoms with Gasteiger partial charge in [0.15, 0.2) is 5.82 Å². The van der Waals surface area contributed by atoms with E-state index in [1.165, 1.54) is 16.5 Å². The Bertz CT molecular complexity index is 1220. The van der Waals surface area contributed by atoms with E-state index in [-0.39, 0.29) is 11.9 Å². The van der Waals surface area contributed by atoms with Crippen LogP contribution in [-0.2, 0) is 22.4 Å². The van der Waals surface area contributed by atoms with Crippen molar-refractivity contribution in [1.82, 2.24) is 19.9 Å². The summed E-state index contributed by atoms with van der Waals surface area (Å²) < 4.78 is 12.7. The highest BCUT2D eigenvalue weighted by molar-refractivity contribution is 7.91. The fourth-order valence-corrected chi connectivity index (χ4v) is 6.88. The maximum atomic E-state index is 12.7. The molecule has 5 heterocycles. The summed E-state index contributed by atoms with van der Waals surface area (Å²) >= 11 is -1.07. The van der Waals surface area contributed by atoms with Gasteiger partial charge in [0.2, 0.25) is 16.8 Å². The fraction of sp³-hybridized carbons (Fsp3) is 0.480. The second-order valence-electron chi connectivity index (χ2n) is 9.65. The van der Waals surface area contributed by atoms with E-state index in [2.05, 4.69) is 45.7 Å². The van der Waals surface area contributed by atoms with E-state index in [0.717, 1.165) is 55.3 Å². The predicted octanol–water partition coefficient (Wildman–Crippen LogP) is 3.04. The Morgan fingerprint density at radius 3 is 2.79 bits per heavy atom. The molecule has 8 nitrogen and oxygen atoms in total. The molecule has 3 aliphatic heterocycles. The Hall–Kier alpha value is -2.78. The molecule has 34 heavy (non-hydrogen) atoms. The van der Waals surface area contributed by atoms with Crippen LogP contribution < -0.4 is 10.2 Å². The van der Waals surface area contributed by atoms with Crippen molar-refractivity contribution in [2.24, 2.45) is 0 Å². The summed E-state index contributed by atoms with van der Waals surface area (Å²) in [5.74, 6) is 2.73. The van der Waals surface area contributed by atoms with Crippen molar-refractivity contribution < 1.29 is 9.35 Å². The predicted molar refractivity (Wildman–Crippen MR) is 134 cm³/mol. The van der Waals surface area contributed by atoms with Gasteiger partial charge in [-0.3, -0.25) is 4.79 Å². The van der Waals surface area contributed by atoms with Gasteiger partial charge < -0.3 is 24.7 Å². The van der Waals surface area contributed by atoms with Crippen molar-refractivity contribution >= 4 is 39.8 Å². The van der Waals surface area contributed by atoms with Crippen molar-refractivity contribution in [2.45, 2.75) is 49.0 Å². The number of likely N-dealkylation sites (N-methyl/N-ethyl adjacent to an activating group) is 1. The Balaban J connectivity index is 1.21. The summed E-state index contributed by atoms with van der Waals surface area (Å²) in [6.07, 6.45) is 6.28. The molecule has 0 saturated carbocycles. The Morgan fingerprint density at radius 2 is 1.97 bits per heavy atom. The first-order valence-electron chi connectivity index (χ1n) is 12.2. The minimum absolute atomic E-state index is 0.111. The Kier molecular flexibility index (Phi) is 5.61. The molecule has 2 fully saturated rings. The third kappa shape index (κ3) is 3.90. The lowest BCUT2D eigenvalue weighted by atomic mass is 9.89. The first kappa shape index (κ1) is 21.7. The number of para-hydroxylation sites is 1. The first-order chi connectivity index (χ1) is 16.6. The fourth-order valence-electron chi connectivity index (χ4n) is 5.57. The van der Waals surface area contributed by atoms with Crippen molar-refractivity contribution in [3.05, 3.63) is 41.7 Å². The first-order valence-corrected chi connectivity index (χ1v) is 13.5. The molecule has 2 aromatic heterocycles. The van der Waals surface area contributed by atoms with Crippen LogP contribution in [0.4, 0.5) is 11.8 Å². The maximum absolute atomic E-state index is 12.7. The van der Waals surface area contributed by atoms with Crippen LogP contribution in [0.25, 0.3) is 10.9 Å². The van der Waals surface area contributed by atoms with E-state index >= 15 is 0 Å². The number of hydrogen-bond donors (Lipinski definition) is 2. The zero-order valence-corrected chi connectivity index (χ0v) is 20.2. The van der Waals surface area contributed by atoms with Gasteiger partial charge >= 0.3 is 0 Å². The number of carbonyl (C=O) groups excluding carboxylic acids is 1. The van der Waals surface area contributed by atoms with Gasteiger partial charge in [-0.15, -0.1) is 0 Å². The molecule has 178 valence electrons. The average molecular weight is 479 g/mol. The lowest BCUT2D eigenvalue weighted by Crippen LogP contribution is -2.43. The van der Waals surface area contributed by atoms with Gasteiger partial charge in [-0.25, -0.2) is 4.98 Å². The molecule has 0 aliphatic carbocycles. The van der Waals surface area contributed by atoms with Crippen molar-refractivity contribution in [2.75, 3.05) is 42.7 Å². The van der Waals surface area contributed by atoms with Gasteiger partial charge in [-0.2, -0.15) is 4.98 Å². The molecular weight excluding hydrogens is 448 g/mol. The molecule has 1 amide bonds. The number of piperidine rings is 2. The lowest BCUT2D eigenvalue weighted by Gasteiger charge is -2.33. The molecule has 0 spiro atoms. The third-order valence-corrected chi connectivity index (χ3v) is 8.94. The van der Waals surface area contributed by atoms with Crippen molar-refractivity contribution in [3.8, 4) is 0 Å². The van der Waals surface area contributed by atoms with E-state index in [1.54, 1.807) is 4.90 Å². The molecule has 2 atom stereocenters. The van der Waals surface area contributed by atoms with Crippen LogP contribution in [0.15, 0.2) is 35.4 Å². The lowest BCUT2D eigenvalue weighted by molar-refractivity contribution is -0.132. The maximum Gasteiger partial charge on any atom is 0.227 e. The number of nitrogens with zero attached hydrogens (tertiary/aromatic N) is 4. The molecule has 0 radical (unpaired) electrons. The van der Waals surface area contributed by atoms with Gasteiger partial charge in [-0.1, -0.05) is 18.2 Å². The summed E-state index contributed by atoms with van der Waals surface area (Å²) in [6.45, 7) is 2.42. The minimum atomic E-state index is -1.07. The molecule has 9 heteroatoms. The molecule has 0 bridgehead atoms. The molecule has 1 unspecified atom stereocenters. The molecule has 3 aliphatic rings. The minimum Gasteiger partial charge on any atom is -0.611 e. The number of hydrogen-bond acceptors (Lipinski definition) is 6. The van der Waals surface area contributed by atoms with Crippen LogP contribution in [0.5, 0.6) is 0 Å². The van der Waals surface area contributed by atoms with Crippen LogP contribution in [0.1, 0.15) is 42.9 Å². The number of carbonyl (C=O) groups is 1. The zero-order chi connectivity index (χ0) is 23.2. The Morgan fingerprint density at radius 1 is 1.15 bits per heavy atom. The largest absolute Gasteiger partial charge is 0.611 e. The molecule has 1 aromatic carbocycles. The van der Waals surface area contributed by atoms with Crippen molar-refractivity contribution in [3.63, 3.8) is 0 Å². The monoisotopic (exact) mass is 478 g/mol. The van der Waals surface area contributed by atoms with Crippen LogP contribution in [0, 0.1) is 0 Å². The molecule has 2 saturated heterocycles. The highest BCUT2D eigenvalue weighted by Crippen LogP contribution is 2.36. The highest BCUT2D eigenvalue weighted by Gasteiger charge is 2.35. The number of amides is 1. The number of benzene rings is 1. The number of fused-ring (bicyclic) bond motifs is 2. The number of rotatable bonds is 4. The van der Waals surface area contributed by atoms with Crippen LogP contribution in [0.2, 0.25) is 0 Å². The zero-order valence-electron chi connectivity index (χ0n) is 19.4. The topological polar surface area (TPSA) is 100 Å². The van der Waals surface area contributed by atoms with E-state index in [0.29, 0.717) is 30.5 Å². The number of nitrogens with one attached hydrogen (secondary N) is 2. The normalized spacial score (nSPS) is 23.5. The van der Waals surface area contributed by atoms with Gasteiger partial charge in [0.1, 0.15) is 11.4 Å². The van der Waals surface area contributed by atoms with Gasteiger partial charge in [0.25, 0.3) is 0 Å². The van der Waals surface area contributed by atoms with Crippen LogP contribution in [-0.4, -0.2) is 68.8 Å². The average Bonchev–Trinajstić information content (AvgIpc) is 3.45. The summed E-state index contributed by atoms with van der Waals surface area (Å²) in [5.41, 5.74) is 3.50. The summed E-state index contributed by atoms with van der Waals surface area (Å²) in [5, 5.41) is 4.84. The molecular formula is C25H30N6O2S. The van der Waals surface area contributed by atoms with Crippen LogP contribution >= 0.6 is 0 Å². The quantitative estimate of drug-likeness (QED) is 0.559. The van der Waals surface area contributed by atoms with E-state index in [1.807, 2.05) is 7.05 Å². The summed E-state index contributed by atoms with van der Waals surface area (Å²) in [4.78, 5) is 29.8. The van der Waals surface area contributed by atoms with E-state index in [4.69, 9.17) is 9.97 Å². The number of anilines is 2. The standard InChI is InChI=1S/C25H30N6O2S/c1-30-15-17(6-7-22(30)32)27-24-23-21(10-13-34(23)33)28-25(29-24)31-11-8-16(9-12-31)19-14-26-20-5-3-2-4-18(19)20/h2-5,14,16-17,26H,6-13,15H2,1H3,(H,27,28,29)/t17-,34?/m0/s1. The molecule has 2 N–H and O–H groups in total. The number of aryl methyl sites for hydroxylation is 1. The second-order valence-corrected chi connectivity index (χ2v) is 11.2. The third-order valence-electron chi connectivity index (χ3n) is 7.48. The number of aromatic amines is 1.